The molecule has 3 heteroatoms. The van der Waals surface area contributed by atoms with E-state index < -0.39 is 11.7 Å². The first kappa shape index (κ1) is 23.9. The molecule has 2 N–H and O–H groups in total. The largest absolute Gasteiger partial charge is 0.386 e. The van der Waals surface area contributed by atoms with Crippen LogP contribution in [0.15, 0.2) is 121 Å². The van der Waals surface area contributed by atoms with Crippen molar-refractivity contribution in [3.8, 4) is 23.7 Å². The van der Waals surface area contributed by atoms with Crippen LogP contribution >= 0.6 is 0 Å². The molecule has 0 saturated carbocycles. The summed E-state index contributed by atoms with van der Waals surface area (Å²) < 4.78 is 0. The van der Waals surface area contributed by atoms with Crippen molar-refractivity contribution in [1.29, 1.82) is 0 Å². The van der Waals surface area contributed by atoms with Gasteiger partial charge in [0, 0.05) is 29.9 Å². The molecule has 35 heavy (non-hydrogen) atoms. The standard InChI is InChI=1S/C32H27NO2/c34-31(26-33(30-19-11-4-12-20-30)25-29-17-9-3-10-18-29)32(35,23-21-27-13-5-1-6-14-27)24-22-28-15-7-2-8-16-28/h1-20,31,34-35H,25-26H2. The minimum atomic E-state index is -1.94. The molecule has 0 radical (unpaired) electrons. The maximum absolute atomic E-state index is 11.5. The lowest BCUT2D eigenvalue weighted by molar-refractivity contribution is 0.0128. The molecular formula is C32H27NO2. The molecule has 0 aliphatic rings. The molecule has 4 rings (SSSR count). The molecule has 0 aliphatic heterocycles. The Kier molecular flexibility index (Phi) is 8.00. The number of hydrogen-bond donors (Lipinski definition) is 2. The topological polar surface area (TPSA) is 43.7 Å². The minimum Gasteiger partial charge on any atom is -0.386 e. The van der Waals surface area contributed by atoms with Crippen LogP contribution in [0, 0.1) is 23.7 Å². The fraction of sp³-hybridized carbons (Fsp3) is 0.125. The molecule has 0 aliphatic carbocycles. The molecule has 1 unspecified atom stereocenters. The summed E-state index contributed by atoms with van der Waals surface area (Å²) in [6, 6.07) is 38.6. The quantitative estimate of drug-likeness (QED) is 0.405. The van der Waals surface area contributed by atoms with Gasteiger partial charge in [0.2, 0.25) is 5.60 Å². The highest BCUT2D eigenvalue weighted by molar-refractivity contribution is 5.49. The van der Waals surface area contributed by atoms with Gasteiger partial charge < -0.3 is 15.1 Å². The molecule has 4 aromatic rings. The number of para-hydroxylation sites is 1. The third kappa shape index (κ3) is 6.85. The van der Waals surface area contributed by atoms with Crippen molar-refractivity contribution in [2.24, 2.45) is 0 Å². The van der Waals surface area contributed by atoms with Gasteiger partial charge in [-0.25, -0.2) is 0 Å². The Balaban J connectivity index is 1.67. The molecule has 1 atom stereocenters. The lowest BCUT2D eigenvalue weighted by Crippen LogP contribution is -2.47. The zero-order chi connectivity index (χ0) is 24.3. The van der Waals surface area contributed by atoms with Crippen LogP contribution in [0.3, 0.4) is 0 Å². The van der Waals surface area contributed by atoms with Gasteiger partial charge in [0.15, 0.2) is 0 Å². The monoisotopic (exact) mass is 457 g/mol. The van der Waals surface area contributed by atoms with Gasteiger partial charge in [0.1, 0.15) is 6.10 Å². The lowest BCUT2D eigenvalue weighted by atomic mass is 9.95. The Morgan fingerprint density at radius 2 is 1.06 bits per heavy atom. The summed E-state index contributed by atoms with van der Waals surface area (Å²) in [4.78, 5) is 2.03. The van der Waals surface area contributed by atoms with Crippen LogP contribution in [0.25, 0.3) is 0 Å². The summed E-state index contributed by atoms with van der Waals surface area (Å²) in [6.45, 7) is 0.707. The highest BCUT2D eigenvalue weighted by Crippen LogP contribution is 2.20. The van der Waals surface area contributed by atoms with Crippen molar-refractivity contribution in [3.63, 3.8) is 0 Å². The van der Waals surface area contributed by atoms with Gasteiger partial charge in [-0.3, -0.25) is 0 Å². The summed E-state index contributed by atoms with van der Waals surface area (Å²) in [5, 5.41) is 22.9. The zero-order valence-electron chi connectivity index (χ0n) is 19.4. The van der Waals surface area contributed by atoms with E-state index in [0.29, 0.717) is 6.54 Å². The minimum absolute atomic E-state index is 0.141. The van der Waals surface area contributed by atoms with E-state index in [2.05, 4.69) is 23.7 Å². The second kappa shape index (κ2) is 11.7. The second-order valence-electron chi connectivity index (χ2n) is 8.22. The maximum Gasteiger partial charge on any atom is 0.216 e. The van der Waals surface area contributed by atoms with Gasteiger partial charge in [-0.05, 0) is 53.8 Å². The number of aliphatic hydroxyl groups excluding tert-OH is 1. The van der Waals surface area contributed by atoms with Crippen molar-refractivity contribution in [1.82, 2.24) is 0 Å². The second-order valence-corrected chi connectivity index (χ2v) is 8.22. The fourth-order valence-electron chi connectivity index (χ4n) is 3.62. The lowest BCUT2D eigenvalue weighted by Gasteiger charge is -2.31. The third-order valence-corrected chi connectivity index (χ3v) is 5.56. The van der Waals surface area contributed by atoms with Crippen molar-refractivity contribution in [2.75, 3.05) is 11.4 Å². The number of benzene rings is 4. The third-order valence-electron chi connectivity index (χ3n) is 5.56. The van der Waals surface area contributed by atoms with Gasteiger partial charge in [-0.15, -0.1) is 0 Å². The van der Waals surface area contributed by atoms with Crippen LogP contribution in [-0.4, -0.2) is 28.5 Å². The average molecular weight is 458 g/mol. The van der Waals surface area contributed by atoms with Gasteiger partial charge in [-0.2, -0.15) is 0 Å². The summed E-state index contributed by atoms with van der Waals surface area (Å²) in [6.07, 6.45) is -1.25. The van der Waals surface area contributed by atoms with Gasteiger partial charge in [0.25, 0.3) is 0 Å². The van der Waals surface area contributed by atoms with Gasteiger partial charge in [-0.1, -0.05) is 96.8 Å². The molecule has 4 aromatic carbocycles. The molecule has 0 fully saturated rings. The van der Waals surface area contributed by atoms with Crippen LogP contribution in [0.5, 0.6) is 0 Å². The molecule has 0 saturated heterocycles. The van der Waals surface area contributed by atoms with Crippen LogP contribution in [0.4, 0.5) is 5.69 Å². The van der Waals surface area contributed by atoms with Crippen molar-refractivity contribution in [3.05, 3.63) is 138 Å². The van der Waals surface area contributed by atoms with Crippen molar-refractivity contribution >= 4 is 5.69 Å². The molecular weight excluding hydrogens is 430 g/mol. The van der Waals surface area contributed by atoms with E-state index in [-0.39, 0.29) is 6.54 Å². The molecule has 0 spiro atoms. The van der Waals surface area contributed by atoms with E-state index in [9.17, 15) is 10.2 Å². The van der Waals surface area contributed by atoms with Gasteiger partial charge >= 0.3 is 0 Å². The van der Waals surface area contributed by atoms with Gasteiger partial charge in [0.05, 0.1) is 0 Å². The number of anilines is 1. The number of nitrogens with zero attached hydrogens (tertiary/aromatic N) is 1. The maximum atomic E-state index is 11.5. The van der Waals surface area contributed by atoms with E-state index in [1.165, 1.54) is 0 Å². The Labute approximate surface area is 207 Å². The first-order valence-electron chi connectivity index (χ1n) is 11.5. The summed E-state index contributed by atoms with van der Waals surface area (Å²) in [5.41, 5.74) is 1.57. The van der Waals surface area contributed by atoms with Crippen molar-refractivity contribution in [2.45, 2.75) is 18.2 Å². The van der Waals surface area contributed by atoms with Crippen LogP contribution in [-0.2, 0) is 6.54 Å². The number of rotatable bonds is 6. The normalized spacial score (nSPS) is 11.4. The summed E-state index contributed by atoms with van der Waals surface area (Å²) >= 11 is 0. The highest BCUT2D eigenvalue weighted by Gasteiger charge is 2.34. The average Bonchev–Trinajstić information content (AvgIpc) is 2.92. The van der Waals surface area contributed by atoms with E-state index in [4.69, 9.17) is 0 Å². The Hall–Kier alpha value is -4.28. The Morgan fingerprint density at radius 1 is 0.629 bits per heavy atom. The van der Waals surface area contributed by atoms with Crippen LogP contribution in [0.2, 0.25) is 0 Å². The molecule has 0 amide bonds. The molecule has 0 heterocycles. The molecule has 172 valence electrons. The highest BCUT2D eigenvalue weighted by atomic mass is 16.3. The van der Waals surface area contributed by atoms with E-state index in [0.717, 1.165) is 22.4 Å². The fourth-order valence-corrected chi connectivity index (χ4v) is 3.62. The smallest absolute Gasteiger partial charge is 0.216 e. The molecule has 0 bridgehead atoms. The predicted molar refractivity (Wildman–Crippen MR) is 142 cm³/mol. The first-order chi connectivity index (χ1) is 17.1. The SMILES string of the molecule is OC(CN(Cc1ccccc1)c1ccccc1)C(O)(C#Cc1ccccc1)C#Cc1ccccc1. The summed E-state index contributed by atoms with van der Waals surface area (Å²) in [7, 11) is 0. The molecule has 0 aromatic heterocycles. The summed E-state index contributed by atoms with van der Waals surface area (Å²) in [5.74, 6) is 11.7. The van der Waals surface area contributed by atoms with E-state index >= 15 is 0 Å². The zero-order valence-corrected chi connectivity index (χ0v) is 19.4. The van der Waals surface area contributed by atoms with Crippen LogP contribution < -0.4 is 4.90 Å². The Morgan fingerprint density at radius 3 is 1.54 bits per heavy atom. The number of aliphatic hydroxyl groups is 2. The predicted octanol–water partition coefficient (Wildman–Crippen LogP) is 4.89. The van der Waals surface area contributed by atoms with Crippen LogP contribution in [0.1, 0.15) is 16.7 Å². The Bertz CT molecular complexity index is 1260. The number of hydrogen-bond acceptors (Lipinski definition) is 3. The van der Waals surface area contributed by atoms with Crippen molar-refractivity contribution < 1.29 is 10.2 Å². The molecule has 3 nitrogen and oxygen atoms in total. The first-order valence-corrected chi connectivity index (χ1v) is 11.5. The van der Waals surface area contributed by atoms with E-state index in [1.807, 2.05) is 126 Å². The van der Waals surface area contributed by atoms with E-state index in [1.54, 1.807) is 0 Å².